The highest BCUT2D eigenvalue weighted by Crippen LogP contribution is 2.20. The van der Waals surface area contributed by atoms with E-state index in [1.54, 1.807) is 37.3 Å². The molecule has 0 aliphatic carbocycles. The number of aryl methyl sites for hydroxylation is 1. The minimum absolute atomic E-state index is 0.0648. The molecular weight excluding hydrogens is 422 g/mol. The number of carbonyl (C=O) groups is 2. The standard InChI is InChI=1S/C25H33N3O3S/c1-4-6-7-8-9-16-31-21-14-11-19(12-15-21)24(30)28-25(32)26-20-13-10-18(3)22(17-20)27-23(29)5-2/h10-15,17H,4-9,16H2,1-3H3,(H,27,29)(H2,26,28,30,32). The number of nitrogens with one attached hydrogen (secondary N) is 3. The van der Waals surface area contributed by atoms with Crippen molar-refractivity contribution in [2.45, 2.75) is 59.3 Å². The fourth-order valence-corrected chi connectivity index (χ4v) is 3.22. The zero-order chi connectivity index (χ0) is 23.3. The van der Waals surface area contributed by atoms with Crippen LogP contribution in [0.1, 0.15) is 68.3 Å². The van der Waals surface area contributed by atoms with Gasteiger partial charge in [0.05, 0.1) is 6.61 Å². The second kappa shape index (κ2) is 13.5. The Hall–Kier alpha value is -2.93. The highest BCUT2D eigenvalue weighted by molar-refractivity contribution is 7.80. The van der Waals surface area contributed by atoms with E-state index in [1.165, 1.54) is 25.7 Å². The van der Waals surface area contributed by atoms with Gasteiger partial charge in [-0.15, -0.1) is 0 Å². The molecule has 0 fully saturated rings. The molecule has 0 saturated heterocycles. The first kappa shape index (κ1) is 25.3. The topological polar surface area (TPSA) is 79.5 Å². The van der Waals surface area contributed by atoms with Crippen molar-refractivity contribution in [1.82, 2.24) is 5.32 Å². The Labute approximate surface area is 196 Å². The van der Waals surface area contributed by atoms with Crippen LogP contribution in [0.15, 0.2) is 42.5 Å². The van der Waals surface area contributed by atoms with Gasteiger partial charge in [0, 0.05) is 23.4 Å². The summed E-state index contributed by atoms with van der Waals surface area (Å²) in [6.07, 6.45) is 6.34. The number of amides is 2. The van der Waals surface area contributed by atoms with Gasteiger partial charge in [-0.25, -0.2) is 0 Å². The van der Waals surface area contributed by atoms with Crippen LogP contribution in [0.25, 0.3) is 0 Å². The lowest BCUT2D eigenvalue weighted by Crippen LogP contribution is -2.34. The van der Waals surface area contributed by atoms with Crippen LogP contribution in [0.4, 0.5) is 11.4 Å². The molecule has 0 aliphatic rings. The molecule has 7 heteroatoms. The number of thiocarbonyl (C=S) groups is 1. The van der Waals surface area contributed by atoms with Gasteiger partial charge >= 0.3 is 0 Å². The van der Waals surface area contributed by atoms with Crippen LogP contribution in [-0.2, 0) is 4.79 Å². The predicted octanol–water partition coefficient (Wildman–Crippen LogP) is 5.82. The third-order valence-electron chi connectivity index (χ3n) is 4.95. The molecule has 32 heavy (non-hydrogen) atoms. The number of unbranched alkanes of at least 4 members (excludes halogenated alkanes) is 4. The lowest BCUT2D eigenvalue weighted by molar-refractivity contribution is -0.115. The van der Waals surface area contributed by atoms with E-state index in [4.69, 9.17) is 17.0 Å². The number of ether oxygens (including phenoxy) is 1. The molecule has 0 saturated carbocycles. The maximum atomic E-state index is 12.5. The summed E-state index contributed by atoms with van der Waals surface area (Å²) in [6, 6.07) is 12.5. The van der Waals surface area contributed by atoms with Crippen molar-refractivity contribution in [3.8, 4) is 5.75 Å². The Balaban J connectivity index is 1.84. The second-order valence-electron chi connectivity index (χ2n) is 7.63. The first-order valence-corrected chi connectivity index (χ1v) is 11.6. The summed E-state index contributed by atoms with van der Waals surface area (Å²) in [5.41, 5.74) is 2.81. The Morgan fingerprint density at radius 3 is 2.34 bits per heavy atom. The Kier molecular flexibility index (Phi) is 10.7. The molecule has 0 radical (unpaired) electrons. The van der Waals surface area contributed by atoms with Crippen molar-refractivity contribution in [3.63, 3.8) is 0 Å². The van der Waals surface area contributed by atoms with E-state index in [9.17, 15) is 9.59 Å². The van der Waals surface area contributed by atoms with E-state index in [2.05, 4.69) is 22.9 Å². The molecule has 6 nitrogen and oxygen atoms in total. The van der Waals surface area contributed by atoms with Gasteiger partial charge in [0.15, 0.2) is 5.11 Å². The molecule has 172 valence electrons. The lowest BCUT2D eigenvalue weighted by atomic mass is 10.1. The second-order valence-corrected chi connectivity index (χ2v) is 8.03. The fraction of sp³-hybridized carbons (Fsp3) is 0.400. The summed E-state index contributed by atoms with van der Waals surface area (Å²) >= 11 is 5.27. The Morgan fingerprint density at radius 2 is 1.66 bits per heavy atom. The van der Waals surface area contributed by atoms with Crippen LogP contribution in [-0.4, -0.2) is 23.5 Å². The molecule has 0 spiro atoms. The molecule has 2 rings (SSSR count). The molecule has 0 heterocycles. The molecule has 0 unspecified atom stereocenters. The molecule has 3 N–H and O–H groups in total. The fourth-order valence-electron chi connectivity index (χ4n) is 3.01. The van der Waals surface area contributed by atoms with E-state index in [0.29, 0.717) is 30.0 Å². The van der Waals surface area contributed by atoms with E-state index in [1.807, 2.05) is 19.1 Å². The number of carbonyl (C=O) groups excluding carboxylic acids is 2. The first-order chi connectivity index (χ1) is 15.4. The van der Waals surface area contributed by atoms with Crippen molar-refractivity contribution in [3.05, 3.63) is 53.6 Å². The van der Waals surface area contributed by atoms with Gasteiger partial charge in [-0.2, -0.15) is 0 Å². The SMILES string of the molecule is CCCCCCCOc1ccc(C(=O)NC(=S)Nc2ccc(C)c(NC(=O)CC)c2)cc1. The van der Waals surface area contributed by atoms with Gasteiger partial charge in [-0.3, -0.25) is 14.9 Å². The van der Waals surface area contributed by atoms with Crippen molar-refractivity contribution in [2.75, 3.05) is 17.2 Å². The van der Waals surface area contributed by atoms with Crippen LogP contribution in [0.3, 0.4) is 0 Å². The van der Waals surface area contributed by atoms with Gasteiger partial charge in [0.25, 0.3) is 5.91 Å². The first-order valence-electron chi connectivity index (χ1n) is 11.2. The molecule has 0 bridgehead atoms. The quantitative estimate of drug-likeness (QED) is 0.294. The van der Waals surface area contributed by atoms with E-state index in [0.717, 1.165) is 17.7 Å². The molecule has 2 aromatic rings. The van der Waals surface area contributed by atoms with Crippen LogP contribution in [0, 0.1) is 6.92 Å². The van der Waals surface area contributed by atoms with Crippen LogP contribution in [0.2, 0.25) is 0 Å². The predicted molar refractivity (Wildman–Crippen MR) is 134 cm³/mol. The minimum Gasteiger partial charge on any atom is -0.494 e. The maximum absolute atomic E-state index is 12.5. The molecule has 2 amide bonds. The third-order valence-corrected chi connectivity index (χ3v) is 5.15. The number of hydrogen-bond acceptors (Lipinski definition) is 4. The normalized spacial score (nSPS) is 10.3. The zero-order valence-electron chi connectivity index (χ0n) is 19.1. The van der Waals surface area contributed by atoms with Gasteiger partial charge in [0.1, 0.15) is 5.75 Å². The van der Waals surface area contributed by atoms with E-state index >= 15 is 0 Å². The Bertz CT molecular complexity index is 913. The summed E-state index contributed by atoms with van der Waals surface area (Å²) in [5.74, 6) is 0.379. The van der Waals surface area contributed by atoms with Crippen molar-refractivity contribution < 1.29 is 14.3 Å². The number of anilines is 2. The lowest BCUT2D eigenvalue weighted by Gasteiger charge is -2.13. The summed E-state index contributed by atoms with van der Waals surface area (Å²) in [5, 5.41) is 8.69. The molecule has 2 aromatic carbocycles. The highest BCUT2D eigenvalue weighted by Gasteiger charge is 2.10. The van der Waals surface area contributed by atoms with Gasteiger partial charge in [0.2, 0.25) is 5.91 Å². The van der Waals surface area contributed by atoms with Gasteiger partial charge in [-0.05, 0) is 67.5 Å². The zero-order valence-corrected chi connectivity index (χ0v) is 19.9. The average molecular weight is 456 g/mol. The van der Waals surface area contributed by atoms with Crippen LogP contribution >= 0.6 is 12.2 Å². The molecule has 0 aromatic heterocycles. The number of benzene rings is 2. The monoisotopic (exact) mass is 455 g/mol. The van der Waals surface area contributed by atoms with Gasteiger partial charge in [-0.1, -0.05) is 45.6 Å². The summed E-state index contributed by atoms with van der Waals surface area (Å²) in [6.45, 7) is 6.59. The summed E-state index contributed by atoms with van der Waals surface area (Å²) < 4.78 is 5.74. The highest BCUT2D eigenvalue weighted by atomic mass is 32.1. The Morgan fingerprint density at radius 1 is 0.938 bits per heavy atom. The number of hydrogen-bond donors (Lipinski definition) is 3. The largest absolute Gasteiger partial charge is 0.494 e. The third kappa shape index (κ3) is 8.67. The van der Waals surface area contributed by atoms with Crippen molar-refractivity contribution in [2.24, 2.45) is 0 Å². The van der Waals surface area contributed by atoms with Crippen molar-refractivity contribution >= 4 is 40.5 Å². The van der Waals surface area contributed by atoms with Gasteiger partial charge < -0.3 is 15.4 Å². The maximum Gasteiger partial charge on any atom is 0.257 e. The number of rotatable bonds is 11. The molecular formula is C25H33N3O3S. The van der Waals surface area contributed by atoms with E-state index in [-0.39, 0.29) is 16.9 Å². The summed E-state index contributed by atoms with van der Waals surface area (Å²) in [7, 11) is 0. The van der Waals surface area contributed by atoms with Crippen molar-refractivity contribution in [1.29, 1.82) is 0 Å². The van der Waals surface area contributed by atoms with E-state index < -0.39 is 0 Å². The summed E-state index contributed by atoms with van der Waals surface area (Å²) in [4.78, 5) is 24.2. The average Bonchev–Trinajstić information content (AvgIpc) is 2.78. The molecule has 0 aliphatic heterocycles. The molecule has 0 atom stereocenters. The van der Waals surface area contributed by atoms with Crippen LogP contribution in [0.5, 0.6) is 5.75 Å². The minimum atomic E-state index is -0.305. The smallest absolute Gasteiger partial charge is 0.257 e. The van der Waals surface area contributed by atoms with Crippen LogP contribution < -0.4 is 20.7 Å².